The van der Waals surface area contributed by atoms with E-state index in [4.69, 9.17) is 15.2 Å². The van der Waals surface area contributed by atoms with E-state index in [1.807, 2.05) is 19.9 Å². The van der Waals surface area contributed by atoms with E-state index in [0.29, 0.717) is 18.8 Å². The van der Waals surface area contributed by atoms with Crippen molar-refractivity contribution in [1.82, 2.24) is 0 Å². The third-order valence-corrected chi connectivity index (χ3v) is 2.55. The van der Waals surface area contributed by atoms with Gasteiger partial charge in [-0.05, 0) is 38.0 Å². The van der Waals surface area contributed by atoms with Gasteiger partial charge in [-0.15, -0.1) is 0 Å². The van der Waals surface area contributed by atoms with E-state index in [2.05, 4.69) is 0 Å². The molecule has 0 saturated carbocycles. The third-order valence-electron chi connectivity index (χ3n) is 2.55. The maximum atomic E-state index is 13.4. The summed E-state index contributed by atoms with van der Waals surface area (Å²) in [7, 11) is 1.65. The molecule has 0 saturated heterocycles. The molecule has 1 rings (SSSR count). The molecule has 0 heterocycles. The number of nitrogens with two attached hydrogens (primary N) is 1. The third kappa shape index (κ3) is 5.47. The fourth-order valence-electron chi connectivity index (χ4n) is 1.75. The molecule has 0 aliphatic rings. The summed E-state index contributed by atoms with van der Waals surface area (Å²) in [6, 6.07) is 4.74. The van der Waals surface area contributed by atoms with Crippen molar-refractivity contribution in [2.24, 2.45) is 5.73 Å². The molecule has 3 nitrogen and oxygen atoms in total. The van der Waals surface area contributed by atoms with Gasteiger partial charge in [0.05, 0.1) is 6.10 Å². The van der Waals surface area contributed by atoms with Crippen LogP contribution in [0.3, 0.4) is 0 Å². The summed E-state index contributed by atoms with van der Waals surface area (Å²) < 4.78 is 24.1. The van der Waals surface area contributed by atoms with E-state index in [9.17, 15) is 4.39 Å². The lowest BCUT2D eigenvalue weighted by Crippen LogP contribution is -2.18. The van der Waals surface area contributed by atoms with Gasteiger partial charge in [-0.25, -0.2) is 4.39 Å². The van der Waals surface area contributed by atoms with E-state index in [0.717, 1.165) is 12.0 Å². The van der Waals surface area contributed by atoms with Crippen molar-refractivity contribution in [1.29, 1.82) is 0 Å². The molecule has 2 unspecified atom stereocenters. The molecule has 18 heavy (non-hydrogen) atoms. The van der Waals surface area contributed by atoms with Gasteiger partial charge in [0, 0.05) is 32.2 Å². The summed E-state index contributed by atoms with van der Waals surface area (Å²) in [4.78, 5) is 0. The lowest BCUT2D eigenvalue weighted by molar-refractivity contribution is 0.135. The van der Waals surface area contributed by atoms with E-state index >= 15 is 0 Å². The maximum absolute atomic E-state index is 13.4. The largest absolute Gasteiger partial charge is 0.491 e. The first-order valence-electron chi connectivity index (χ1n) is 6.22. The minimum atomic E-state index is -0.290. The zero-order valence-electron chi connectivity index (χ0n) is 11.3. The monoisotopic (exact) mass is 255 g/mol. The smallest absolute Gasteiger partial charge is 0.127 e. The van der Waals surface area contributed by atoms with Crippen LogP contribution in [0.25, 0.3) is 0 Å². The first-order valence-corrected chi connectivity index (χ1v) is 6.22. The topological polar surface area (TPSA) is 44.5 Å². The van der Waals surface area contributed by atoms with Gasteiger partial charge in [-0.2, -0.15) is 0 Å². The zero-order chi connectivity index (χ0) is 13.5. The van der Waals surface area contributed by atoms with Gasteiger partial charge in [0.25, 0.3) is 0 Å². The van der Waals surface area contributed by atoms with Crippen molar-refractivity contribution in [3.05, 3.63) is 29.6 Å². The van der Waals surface area contributed by atoms with Gasteiger partial charge >= 0.3 is 0 Å². The molecule has 102 valence electrons. The molecule has 0 spiro atoms. The SMILES string of the molecule is COCCC(C)Oc1cc(F)cc(CC(C)N)c1. The number of methoxy groups -OCH3 is 1. The zero-order valence-corrected chi connectivity index (χ0v) is 11.3. The highest BCUT2D eigenvalue weighted by atomic mass is 19.1. The van der Waals surface area contributed by atoms with Gasteiger partial charge < -0.3 is 15.2 Å². The molecule has 4 heteroatoms. The molecule has 1 aromatic rings. The van der Waals surface area contributed by atoms with Crippen LogP contribution in [0.1, 0.15) is 25.8 Å². The second kappa shape index (κ2) is 7.34. The van der Waals surface area contributed by atoms with Gasteiger partial charge in [0.2, 0.25) is 0 Å². The molecule has 0 radical (unpaired) electrons. The molecule has 0 aromatic heterocycles. The number of hydrogen-bond acceptors (Lipinski definition) is 3. The van der Waals surface area contributed by atoms with Crippen LogP contribution in [-0.4, -0.2) is 25.9 Å². The van der Waals surface area contributed by atoms with E-state index < -0.39 is 0 Å². The Balaban J connectivity index is 2.67. The highest BCUT2D eigenvalue weighted by Crippen LogP contribution is 2.19. The highest BCUT2D eigenvalue weighted by Gasteiger charge is 2.08. The van der Waals surface area contributed by atoms with Crippen molar-refractivity contribution in [3.8, 4) is 5.75 Å². The minimum absolute atomic E-state index is 0.00472. The Kier molecular flexibility index (Phi) is 6.09. The molecule has 2 atom stereocenters. The number of ether oxygens (including phenoxy) is 2. The number of halogens is 1. The number of benzene rings is 1. The Morgan fingerprint density at radius 2 is 2.00 bits per heavy atom. The molecule has 0 aliphatic heterocycles. The maximum Gasteiger partial charge on any atom is 0.127 e. The van der Waals surface area contributed by atoms with Crippen LogP contribution in [-0.2, 0) is 11.2 Å². The highest BCUT2D eigenvalue weighted by molar-refractivity contribution is 5.30. The second-order valence-corrected chi connectivity index (χ2v) is 4.69. The van der Waals surface area contributed by atoms with Crippen molar-refractivity contribution in [2.45, 2.75) is 38.8 Å². The van der Waals surface area contributed by atoms with Gasteiger partial charge in [-0.1, -0.05) is 0 Å². The quantitative estimate of drug-likeness (QED) is 0.814. The first-order chi connectivity index (χ1) is 8.51. The number of rotatable bonds is 7. The van der Waals surface area contributed by atoms with Crippen LogP contribution in [0, 0.1) is 5.82 Å². The normalized spacial score (nSPS) is 14.3. The van der Waals surface area contributed by atoms with Crippen molar-refractivity contribution in [2.75, 3.05) is 13.7 Å². The fourth-order valence-corrected chi connectivity index (χ4v) is 1.75. The molecule has 2 N–H and O–H groups in total. The molecule has 1 aromatic carbocycles. The molecule has 0 amide bonds. The Morgan fingerprint density at radius 3 is 2.61 bits per heavy atom. The van der Waals surface area contributed by atoms with Crippen LogP contribution in [0.15, 0.2) is 18.2 Å². The Labute approximate surface area is 108 Å². The average molecular weight is 255 g/mol. The average Bonchev–Trinajstić information content (AvgIpc) is 2.24. The molecule has 0 bridgehead atoms. The lowest BCUT2D eigenvalue weighted by Gasteiger charge is -2.15. The van der Waals surface area contributed by atoms with Crippen LogP contribution in [0.2, 0.25) is 0 Å². The first kappa shape index (κ1) is 14.9. The lowest BCUT2D eigenvalue weighted by atomic mass is 10.1. The second-order valence-electron chi connectivity index (χ2n) is 4.69. The summed E-state index contributed by atoms with van der Waals surface area (Å²) in [5.74, 6) is 0.261. The fraction of sp³-hybridized carbons (Fsp3) is 0.571. The summed E-state index contributed by atoms with van der Waals surface area (Å²) in [5.41, 5.74) is 6.57. The molecule has 0 aliphatic carbocycles. The molecular weight excluding hydrogens is 233 g/mol. The minimum Gasteiger partial charge on any atom is -0.491 e. The van der Waals surface area contributed by atoms with Crippen molar-refractivity contribution in [3.63, 3.8) is 0 Å². The summed E-state index contributed by atoms with van der Waals surface area (Å²) >= 11 is 0. The predicted molar refractivity (Wildman–Crippen MR) is 70.3 cm³/mol. The Morgan fingerprint density at radius 1 is 1.28 bits per heavy atom. The van der Waals surface area contributed by atoms with Crippen LogP contribution >= 0.6 is 0 Å². The van der Waals surface area contributed by atoms with Crippen molar-refractivity contribution < 1.29 is 13.9 Å². The Bertz CT molecular complexity index is 369. The molecule has 0 fully saturated rings. The van der Waals surface area contributed by atoms with E-state index in [1.165, 1.54) is 12.1 Å². The predicted octanol–water partition coefficient (Wildman–Crippen LogP) is 2.52. The summed E-state index contributed by atoms with van der Waals surface area (Å²) in [5, 5.41) is 0. The molecular formula is C14H22FNO2. The van der Waals surface area contributed by atoms with Crippen LogP contribution in [0.5, 0.6) is 5.75 Å². The van der Waals surface area contributed by atoms with Crippen molar-refractivity contribution >= 4 is 0 Å². The van der Waals surface area contributed by atoms with Crippen LogP contribution in [0.4, 0.5) is 4.39 Å². The van der Waals surface area contributed by atoms with E-state index in [-0.39, 0.29) is 18.0 Å². The summed E-state index contributed by atoms with van der Waals surface area (Å²) in [6.45, 7) is 4.46. The summed E-state index contributed by atoms with van der Waals surface area (Å²) in [6.07, 6.45) is 1.41. The van der Waals surface area contributed by atoms with E-state index in [1.54, 1.807) is 7.11 Å². The Hall–Kier alpha value is -1.13. The van der Waals surface area contributed by atoms with Gasteiger partial charge in [-0.3, -0.25) is 0 Å². The van der Waals surface area contributed by atoms with Crippen LogP contribution < -0.4 is 10.5 Å². The number of hydrogen-bond donors (Lipinski definition) is 1. The van der Waals surface area contributed by atoms with Gasteiger partial charge in [0.15, 0.2) is 0 Å². The standard InChI is InChI=1S/C14H22FNO2/c1-10(16)6-12-7-13(15)9-14(8-12)18-11(2)4-5-17-3/h7-11H,4-6,16H2,1-3H3. The van der Waals surface area contributed by atoms with Gasteiger partial charge in [0.1, 0.15) is 11.6 Å².